The minimum atomic E-state index is -0.769. The van der Waals surface area contributed by atoms with Crippen molar-refractivity contribution in [3.63, 3.8) is 0 Å². The Morgan fingerprint density at radius 3 is 2.63 bits per heavy atom. The highest BCUT2D eigenvalue weighted by molar-refractivity contribution is 5.97. The molecule has 1 aliphatic heterocycles. The van der Waals surface area contributed by atoms with Crippen LogP contribution in [0.3, 0.4) is 0 Å². The summed E-state index contributed by atoms with van der Waals surface area (Å²) in [5.74, 6) is -1.22. The van der Waals surface area contributed by atoms with Crippen molar-refractivity contribution in [3.8, 4) is 5.75 Å². The molecule has 1 aliphatic carbocycles. The lowest BCUT2D eigenvalue weighted by atomic mass is 9.89. The van der Waals surface area contributed by atoms with Crippen LogP contribution in [-0.4, -0.2) is 51.1 Å². The van der Waals surface area contributed by atoms with Crippen LogP contribution in [0.1, 0.15) is 35.7 Å². The Labute approximate surface area is 172 Å². The van der Waals surface area contributed by atoms with E-state index in [0.717, 1.165) is 18.9 Å². The van der Waals surface area contributed by atoms with Gasteiger partial charge in [-0.2, -0.15) is 0 Å². The molecular formula is C21H25F2N3O4. The van der Waals surface area contributed by atoms with Gasteiger partial charge in [0, 0.05) is 37.3 Å². The summed E-state index contributed by atoms with van der Waals surface area (Å²) in [6.45, 7) is 0.250. The van der Waals surface area contributed by atoms with Gasteiger partial charge in [0.1, 0.15) is 11.3 Å². The molecule has 2 aliphatic rings. The van der Waals surface area contributed by atoms with E-state index in [9.17, 15) is 14.0 Å². The second-order valence-electron chi connectivity index (χ2n) is 8.15. The SMILES string of the molecule is COC(=O)c1cn(C2CC2)c2c(OC)c(N3CCC(CN)(CF)C3)c(F)cc2c1=O. The molecule has 7 nitrogen and oxygen atoms in total. The van der Waals surface area contributed by atoms with Crippen molar-refractivity contribution in [2.24, 2.45) is 11.1 Å². The van der Waals surface area contributed by atoms with Crippen LogP contribution >= 0.6 is 0 Å². The van der Waals surface area contributed by atoms with E-state index in [1.54, 1.807) is 9.47 Å². The van der Waals surface area contributed by atoms with Crippen LogP contribution in [0.5, 0.6) is 5.75 Å². The van der Waals surface area contributed by atoms with E-state index in [4.69, 9.17) is 15.2 Å². The summed E-state index contributed by atoms with van der Waals surface area (Å²) in [7, 11) is 2.61. The van der Waals surface area contributed by atoms with Crippen molar-refractivity contribution in [2.45, 2.75) is 25.3 Å². The Morgan fingerprint density at radius 1 is 1.37 bits per heavy atom. The Hall–Kier alpha value is -2.68. The number of aromatic nitrogens is 1. The number of fused-ring (bicyclic) bond motifs is 1. The highest BCUT2D eigenvalue weighted by Gasteiger charge is 2.40. The molecule has 0 amide bonds. The number of methoxy groups -OCH3 is 2. The second kappa shape index (κ2) is 7.54. The molecule has 2 fully saturated rings. The number of nitrogens with two attached hydrogens (primary N) is 1. The highest BCUT2D eigenvalue weighted by Crippen LogP contribution is 2.45. The molecule has 162 valence electrons. The Balaban J connectivity index is 1.97. The van der Waals surface area contributed by atoms with Crippen LogP contribution in [-0.2, 0) is 4.74 Å². The molecule has 0 spiro atoms. The predicted molar refractivity (Wildman–Crippen MR) is 109 cm³/mol. The number of hydrogen-bond acceptors (Lipinski definition) is 6. The fourth-order valence-corrected chi connectivity index (χ4v) is 4.28. The largest absolute Gasteiger partial charge is 0.492 e. The number of rotatable bonds is 6. The third-order valence-corrected chi connectivity index (χ3v) is 6.22. The summed E-state index contributed by atoms with van der Waals surface area (Å²) in [4.78, 5) is 26.8. The van der Waals surface area contributed by atoms with Crippen LogP contribution in [0, 0.1) is 11.2 Å². The molecule has 0 radical (unpaired) electrons. The van der Waals surface area contributed by atoms with E-state index in [1.165, 1.54) is 20.4 Å². The smallest absolute Gasteiger partial charge is 0.343 e. The average Bonchev–Trinajstić information content (AvgIpc) is 3.52. The third kappa shape index (κ3) is 3.12. The van der Waals surface area contributed by atoms with Crippen LogP contribution in [0.4, 0.5) is 14.5 Å². The summed E-state index contributed by atoms with van der Waals surface area (Å²) in [6, 6.07) is 1.22. The predicted octanol–water partition coefficient (Wildman–Crippen LogP) is 2.40. The quantitative estimate of drug-likeness (QED) is 0.721. The van der Waals surface area contributed by atoms with E-state index in [1.807, 2.05) is 0 Å². The van der Waals surface area contributed by atoms with E-state index in [2.05, 4.69) is 0 Å². The zero-order chi connectivity index (χ0) is 21.6. The molecule has 1 saturated carbocycles. The van der Waals surface area contributed by atoms with Gasteiger partial charge in [0.25, 0.3) is 0 Å². The first kappa shape index (κ1) is 20.6. The zero-order valence-corrected chi connectivity index (χ0v) is 17.0. The molecule has 1 aromatic carbocycles. The average molecular weight is 421 g/mol. The fourth-order valence-electron chi connectivity index (χ4n) is 4.28. The fraction of sp³-hybridized carbons (Fsp3) is 0.524. The van der Waals surface area contributed by atoms with Gasteiger partial charge in [-0.3, -0.25) is 9.18 Å². The van der Waals surface area contributed by atoms with Crippen molar-refractivity contribution in [2.75, 3.05) is 45.4 Å². The van der Waals surface area contributed by atoms with Crippen LogP contribution < -0.4 is 20.8 Å². The maximum Gasteiger partial charge on any atom is 0.343 e. The molecule has 4 rings (SSSR count). The second-order valence-corrected chi connectivity index (χ2v) is 8.15. The van der Waals surface area contributed by atoms with Crippen LogP contribution in [0.2, 0.25) is 0 Å². The van der Waals surface area contributed by atoms with Crippen molar-refractivity contribution in [1.29, 1.82) is 0 Å². The molecule has 1 saturated heterocycles. The maximum atomic E-state index is 15.3. The van der Waals surface area contributed by atoms with Crippen molar-refractivity contribution in [3.05, 3.63) is 33.9 Å². The molecule has 0 bridgehead atoms. The van der Waals surface area contributed by atoms with Crippen LogP contribution in [0.15, 0.2) is 17.1 Å². The number of carbonyl (C=O) groups is 1. The van der Waals surface area contributed by atoms with E-state index in [0.29, 0.717) is 18.5 Å². The van der Waals surface area contributed by atoms with Gasteiger partial charge in [-0.05, 0) is 25.3 Å². The van der Waals surface area contributed by atoms with Gasteiger partial charge >= 0.3 is 5.97 Å². The summed E-state index contributed by atoms with van der Waals surface area (Å²) >= 11 is 0. The lowest BCUT2D eigenvalue weighted by Gasteiger charge is -2.27. The van der Waals surface area contributed by atoms with Gasteiger partial charge in [-0.15, -0.1) is 0 Å². The molecule has 9 heteroatoms. The molecule has 2 N–H and O–H groups in total. The number of carbonyl (C=O) groups excluding carboxylic acids is 1. The van der Waals surface area contributed by atoms with Crippen molar-refractivity contribution < 1.29 is 23.0 Å². The topological polar surface area (TPSA) is 86.8 Å². The zero-order valence-electron chi connectivity index (χ0n) is 17.0. The van der Waals surface area contributed by atoms with Gasteiger partial charge < -0.3 is 24.7 Å². The summed E-state index contributed by atoms with van der Waals surface area (Å²) in [6.07, 6.45) is 3.71. The standard InChI is InChI=1S/C21H25F2N3O4/c1-29-19-16-13(18(27)14(20(28)30-2)8-26(16)12-3-4-12)7-15(23)17(19)25-6-5-21(9-22,10-24)11-25/h7-8,12H,3-6,9-11,24H2,1-2H3. The summed E-state index contributed by atoms with van der Waals surface area (Å²) < 4.78 is 41.1. The molecule has 1 atom stereocenters. The first-order valence-corrected chi connectivity index (χ1v) is 9.94. The number of nitrogens with zero attached hydrogens (tertiary/aromatic N) is 2. The molecule has 1 unspecified atom stereocenters. The first-order valence-electron chi connectivity index (χ1n) is 9.94. The number of halogens is 2. The molecule has 30 heavy (non-hydrogen) atoms. The minimum Gasteiger partial charge on any atom is -0.492 e. The van der Waals surface area contributed by atoms with Gasteiger partial charge in [-0.1, -0.05) is 0 Å². The number of hydrogen-bond donors (Lipinski definition) is 1. The number of ether oxygens (including phenoxy) is 2. The molecule has 2 aromatic rings. The number of pyridine rings is 1. The third-order valence-electron chi connectivity index (χ3n) is 6.22. The van der Waals surface area contributed by atoms with Gasteiger partial charge in [0.05, 0.1) is 31.8 Å². The number of anilines is 1. The first-order chi connectivity index (χ1) is 14.4. The number of alkyl halides is 1. The van der Waals surface area contributed by atoms with Crippen LogP contribution in [0.25, 0.3) is 10.9 Å². The van der Waals surface area contributed by atoms with E-state index >= 15 is 4.39 Å². The highest BCUT2D eigenvalue weighted by atomic mass is 19.1. The van der Waals surface area contributed by atoms with Gasteiger partial charge in [0.2, 0.25) is 5.43 Å². The number of benzene rings is 1. The van der Waals surface area contributed by atoms with Gasteiger partial charge in [-0.25, -0.2) is 9.18 Å². The Bertz CT molecular complexity index is 1060. The Morgan fingerprint density at radius 2 is 2.10 bits per heavy atom. The minimum absolute atomic E-state index is 0.0534. The molecule has 1 aromatic heterocycles. The molecular weight excluding hydrogens is 396 g/mol. The van der Waals surface area contributed by atoms with Gasteiger partial charge in [0.15, 0.2) is 11.6 Å². The monoisotopic (exact) mass is 421 g/mol. The summed E-state index contributed by atoms with van der Waals surface area (Å²) in [5, 5.41) is 0.0534. The maximum absolute atomic E-state index is 15.3. The molecule has 2 heterocycles. The Kier molecular flexibility index (Phi) is 5.17. The summed E-state index contributed by atoms with van der Waals surface area (Å²) in [5.41, 5.74) is 4.92. The number of esters is 1. The van der Waals surface area contributed by atoms with E-state index < -0.39 is 29.3 Å². The van der Waals surface area contributed by atoms with Crippen molar-refractivity contribution in [1.82, 2.24) is 4.57 Å². The van der Waals surface area contributed by atoms with E-state index in [-0.39, 0.29) is 41.5 Å². The lowest BCUT2D eigenvalue weighted by Crippen LogP contribution is -2.36. The van der Waals surface area contributed by atoms with Crippen molar-refractivity contribution >= 4 is 22.6 Å². The normalized spacial score (nSPS) is 21.3. The lowest BCUT2D eigenvalue weighted by molar-refractivity contribution is 0.0598.